The van der Waals surface area contributed by atoms with E-state index in [0.717, 1.165) is 17.9 Å². The molecule has 8 nitrogen and oxygen atoms in total. The van der Waals surface area contributed by atoms with Crippen molar-refractivity contribution in [3.05, 3.63) is 28.3 Å². The number of hydrogen-bond acceptors (Lipinski definition) is 5. The molecule has 1 saturated carbocycles. The summed E-state index contributed by atoms with van der Waals surface area (Å²) in [6.07, 6.45) is 4.65. The first-order valence-corrected chi connectivity index (χ1v) is 10.7. The molecule has 3 rings (SSSR count). The molecule has 1 aromatic heterocycles. The van der Waals surface area contributed by atoms with Crippen molar-refractivity contribution in [1.82, 2.24) is 15.3 Å². The van der Waals surface area contributed by atoms with Crippen LogP contribution in [0.5, 0.6) is 11.5 Å². The van der Waals surface area contributed by atoms with E-state index in [1.54, 1.807) is 19.2 Å². The van der Waals surface area contributed by atoms with E-state index in [9.17, 15) is 9.59 Å². The lowest BCUT2D eigenvalue weighted by atomic mass is 9.86. The van der Waals surface area contributed by atoms with Crippen molar-refractivity contribution >= 4 is 16.8 Å². The predicted octanol–water partition coefficient (Wildman–Crippen LogP) is 1.04. The van der Waals surface area contributed by atoms with Crippen molar-refractivity contribution in [2.45, 2.75) is 52.1 Å². The van der Waals surface area contributed by atoms with Crippen molar-refractivity contribution in [3.8, 4) is 11.5 Å². The standard InChI is InChI=1S/C22H32N4O4/c1-5-26(13-21(27)24-16-9-7-6-8-14(16)2)12-20-23-17-11-19(30-4)18(29-3)10-15(17)22(28)25-20/h10-11,14,16H,5-9,12-13H2,1-4H3,(H,24,27)(H,23,25,28)/p+1/t14-,16-/m0/s1. The number of aromatic amines is 1. The number of ether oxygens (including phenoxy) is 2. The highest BCUT2D eigenvalue weighted by Crippen LogP contribution is 2.29. The van der Waals surface area contributed by atoms with Crippen molar-refractivity contribution in [3.63, 3.8) is 0 Å². The van der Waals surface area contributed by atoms with Gasteiger partial charge in [-0.15, -0.1) is 0 Å². The van der Waals surface area contributed by atoms with E-state index in [1.807, 2.05) is 6.92 Å². The maximum atomic E-state index is 12.6. The van der Waals surface area contributed by atoms with Gasteiger partial charge in [0.05, 0.1) is 31.7 Å². The van der Waals surface area contributed by atoms with Gasteiger partial charge in [-0.2, -0.15) is 0 Å². The number of nitrogens with zero attached hydrogens (tertiary/aromatic N) is 1. The summed E-state index contributed by atoms with van der Waals surface area (Å²) in [6, 6.07) is 3.60. The number of H-pyrrole nitrogens is 1. The SMILES string of the molecule is CC[NH+](CC(=O)N[C@H]1CCCC[C@@H]1C)Cc1nc2cc(OC)c(OC)cc2c(=O)[nH]1. The average Bonchev–Trinajstić information content (AvgIpc) is 2.74. The first-order valence-electron chi connectivity index (χ1n) is 10.7. The topological polar surface area (TPSA) is 97.8 Å². The van der Waals surface area contributed by atoms with Crippen LogP contribution in [0.2, 0.25) is 0 Å². The number of nitrogens with one attached hydrogen (secondary N) is 3. The van der Waals surface area contributed by atoms with E-state index < -0.39 is 0 Å². The van der Waals surface area contributed by atoms with Gasteiger partial charge >= 0.3 is 0 Å². The smallest absolute Gasteiger partial charge is 0.275 e. The Morgan fingerprint density at radius 3 is 2.60 bits per heavy atom. The van der Waals surface area contributed by atoms with Gasteiger partial charge in [0.25, 0.3) is 11.5 Å². The lowest BCUT2D eigenvalue weighted by molar-refractivity contribution is -0.904. The first-order chi connectivity index (χ1) is 14.4. The fourth-order valence-corrected chi connectivity index (χ4v) is 4.16. The van der Waals surface area contributed by atoms with Crippen molar-refractivity contribution in [1.29, 1.82) is 0 Å². The summed E-state index contributed by atoms with van der Waals surface area (Å²) in [7, 11) is 3.08. The number of fused-ring (bicyclic) bond motifs is 1. The normalized spacial score (nSPS) is 20.0. The maximum absolute atomic E-state index is 12.6. The Morgan fingerprint density at radius 1 is 1.23 bits per heavy atom. The third-order valence-electron chi connectivity index (χ3n) is 6.05. The average molecular weight is 418 g/mol. The van der Waals surface area contributed by atoms with Gasteiger partial charge in [-0.1, -0.05) is 19.8 Å². The molecule has 8 heteroatoms. The van der Waals surface area contributed by atoms with Gasteiger partial charge in [0.15, 0.2) is 23.9 Å². The third-order valence-corrected chi connectivity index (χ3v) is 6.05. The molecule has 2 aromatic rings. The van der Waals surface area contributed by atoms with Gasteiger partial charge in [0, 0.05) is 12.1 Å². The Labute approximate surface area is 177 Å². The van der Waals surface area contributed by atoms with Crippen LogP contribution in [0.4, 0.5) is 0 Å². The van der Waals surface area contributed by atoms with Crippen LogP contribution in [-0.4, -0.2) is 49.2 Å². The second-order valence-corrected chi connectivity index (χ2v) is 8.13. The number of amides is 1. The maximum Gasteiger partial charge on any atom is 0.275 e. The van der Waals surface area contributed by atoms with Gasteiger partial charge in [-0.25, -0.2) is 4.98 Å². The van der Waals surface area contributed by atoms with Crippen LogP contribution < -0.4 is 25.2 Å². The van der Waals surface area contributed by atoms with Gasteiger partial charge in [-0.3, -0.25) is 9.59 Å². The minimum absolute atomic E-state index is 0.0557. The Balaban J connectivity index is 1.73. The van der Waals surface area contributed by atoms with Crippen LogP contribution in [-0.2, 0) is 11.3 Å². The Bertz CT molecular complexity index is 943. The molecule has 0 radical (unpaired) electrons. The van der Waals surface area contributed by atoms with E-state index in [4.69, 9.17) is 9.47 Å². The fourth-order valence-electron chi connectivity index (χ4n) is 4.16. The molecule has 1 aliphatic carbocycles. The van der Waals surface area contributed by atoms with Crippen LogP contribution >= 0.6 is 0 Å². The molecular weight excluding hydrogens is 384 g/mol. The van der Waals surface area contributed by atoms with E-state index >= 15 is 0 Å². The molecule has 0 saturated heterocycles. The predicted molar refractivity (Wildman–Crippen MR) is 115 cm³/mol. The van der Waals surface area contributed by atoms with Crippen LogP contribution in [0.25, 0.3) is 10.9 Å². The molecule has 164 valence electrons. The summed E-state index contributed by atoms with van der Waals surface area (Å²) in [5, 5.41) is 3.65. The highest BCUT2D eigenvalue weighted by molar-refractivity contribution is 5.81. The zero-order valence-corrected chi connectivity index (χ0v) is 18.3. The number of benzene rings is 1. The van der Waals surface area contributed by atoms with E-state index in [1.165, 1.54) is 26.4 Å². The molecule has 0 spiro atoms. The number of quaternary nitrogens is 1. The van der Waals surface area contributed by atoms with Crippen LogP contribution in [0.1, 0.15) is 45.4 Å². The van der Waals surface area contributed by atoms with E-state index in [2.05, 4.69) is 22.2 Å². The number of rotatable bonds is 8. The molecule has 30 heavy (non-hydrogen) atoms. The second kappa shape index (κ2) is 9.93. The molecule has 0 aliphatic heterocycles. The molecular formula is C22H33N4O4+. The van der Waals surface area contributed by atoms with Gasteiger partial charge in [0.1, 0.15) is 6.54 Å². The molecule has 1 heterocycles. The van der Waals surface area contributed by atoms with Crippen LogP contribution in [0, 0.1) is 5.92 Å². The van der Waals surface area contributed by atoms with Gasteiger partial charge in [0.2, 0.25) is 0 Å². The summed E-state index contributed by atoms with van der Waals surface area (Å²) >= 11 is 0. The van der Waals surface area contributed by atoms with Crippen molar-refractivity contribution in [2.24, 2.45) is 5.92 Å². The molecule has 3 atom stereocenters. The molecule has 1 fully saturated rings. The zero-order chi connectivity index (χ0) is 21.7. The number of carbonyl (C=O) groups excluding carboxylic acids is 1. The van der Waals surface area contributed by atoms with Crippen LogP contribution in [0.15, 0.2) is 16.9 Å². The molecule has 3 N–H and O–H groups in total. The zero-order valence-electron chi connectivity index (χ0n) is 18.3. The first kappa shape index (κ1) is 22.1. The molecule has 1 unspecified atom stereocenters. The quantitative estimate of drug-likeness (QED) is 0.596. The number of hydrogen-bond donors (Lipinski definition) is 3. The minimum atomic E-state index is -0.230. The second-order valence-electron chi connectivity index (χ2n) is 8.13. The largest absolute Gasteiger partial charge is 0.493 e. The molecule has 1 amide bonds. The lowest BCUT2D eigenvalue weighted by Crippen LogP contribution is -3.11. The summed E-state index contributed by atoms with van der Waals surface area (Å²) in [5.74, 6) is 2.14. The summed E-state index contributed by atoms with van der Waals surface area (Å²) < 4.78 is 10.6. The Kier molecular flexibility index (Phi) is 7.31. The fraction of sp³-hybridized carbons (Fsp3) is 0.591. The number of aromatic nitrogens is 2. The summed E-state index contributed by atoms with van der Waals surface area (Å²) in [6.45, 7) is 5.80. The highest BCUT2D eigenvalue weighted by Gasteiger charge is 2.24. The van der Waals surface area contributed by atoms with E-state index in [-0.39, 0.29) is 17.5 Å². The van der Waals surface area contributed by atoms with Crippen LogP contribution in [0.3, 0.4) is 0 Å². The van der Waals surface area contributed by atoms with Gasteiger partial charge < -0.3 is 24.7 Å². The number of methoxy groups -OCH3 is 2. The molecule has 1 aliphatic rings. The van der Waals surface area contributed by atoms with Gasteiger partial charge in [-0.05, 0) is 31.7 Å². The molecule has 0 bridgehead atoms. The Morgan fingerprint density at radius 2 is 1.93 bits per heavy atom. The van der Waals surface area contributed by atoms with Crippen molar-refractivity contribution in [2.75, 3.05) is 27.3 Å². The summed E-state index contributed by atoms with van der Waals surface area (Å²) in [4.78, 5) is 33.7. The third kappa shape index (κ3) is 5.11. The summed E-state index contributed by atoms with van der Waals surface area (Å²) in [5.41, 5.74) is 0.314. The highest BCUT2D eigenvalue weighted by atomic mass is 16.5. The monoisotopic (exact) mass is 417 g/mol. The lowest BCUT2D eigenvalue weighted by Gasteiger charge is -2.29. The minimum Gasteiger partial charge on any atom is -0.493 e. The number of likely N-dealkylation sites (N-methyl/N-ethyl adjacent to an activating group) is 1. The molecule has 1 aromatic carbocycles. The number of carbonyl (C=O) groups is 1. The van der Waals surface area contributed by atoms with Crippen molar-refractivity contribution < 1.29 is 19.2 Å². The van der Waals surface area contributed by atoms with E-state index in [0.29, 0.717) is 47.2 Å². The Hall–Kier alpha value is -2.61.